The van der Waals surface area contributed by atoms with Crippen molar-refractivity contribution in [3.63, 3.8) is 0 Å². The lowest BCUT2D eigenvalue weighted by molar-refractivity contribution is 0.112. The number of piperidine rings is 1. The van der Waals surface area contributed by atoms with Gasteiger partial charge in [0, 0.05) is 63.1 Å². The normalized spacial score (nSPS) is 15.7. The monoisotopic (exact) mass is 367 g/mol. The molecular formula is C21H29N5O. The molecule has 1 saturated heterocycles. The quantitative estimate of drug-likeness (QED) is 0.852. The highest BCUT2D eigenvalue weighted by Gasteiger charge is 2.28. The molecule has 0 aromatic carbocycles. The highest BCUT2D eigenvalue weighted by atomic mass is 16.2. The summed E-state index contributed by atoms with van der Waals surface area (Å²) in [6.45, 7) is 7.52. The van der Waals surface area contributed by atoms with E-state index in [-0.39, 0.29) is 18.1 Å². The molecule has 3 heterocycles. The molecule has 0 saturated carbocycles. The van der Waals surface area contributed by atoms with Crippen LogP contribution >= 0.6 is 0 Å². The van der Waals surface area contributed by atoms with E-state index in [1.54, 1.807) is 6.20 Å². The average Bonchev–Trinajstić information content (AvgIpc) is 2.68. The summed E-state index contributed by atoms with van der Waals surface area (Å²) in [6, 6.07) is 8.47. The molecule has 0 spiro atoms. The Labute approximate surface area is 161 Å². The van der Waals surface area contributed by atoms with Crippen LogP contribution in [0.2, 0.25) is 0 Å². The maximum atomic E-state index is 12.8. The summed E-state index contributed by atoms with van der Waals surface area (Å²) < 4.78 is 0. The Kier molecular flexibility index (Phi) is 6.76. The van der Waals surface area contributed by atoms with Crippen molar-refractivity contribution in [3.05, 3.63) is 60.2 Å². The first-order valence-corrected chi connectivity index (χ1v) is 9.69. The molecule has 2 aromatic heterocycles. The zero-order chi connectivity index (χ0) is 19.1. The molecule has 1 fully saturated rings. The molecule has 0 radical (unpaired) electrons. The van der Waals surface area contributed by atoms with Gasteiger partial charge in [0.05, 0.1) is 0 Å². The number of urea groups is 1. The Morgan fingerprint density at radius 3 is 2.52 bits per heavy atom. The van der Waals surface area contributed by atoms with Gasteiger partial charge in [-0.15, -0.1) is 0 Å². The molecule has 0 bridgehead atoms. The summed E-state index contributed by atoms with van der Waals surface area (Å²) in [7, 11) is 0. The van der Waals surface area contributed by atoms with Crippen LogP contribution in [0, 0.1) is 0 Å². The molecule has 144 valence electrons. The molecule has 1 N–H and O–H groups in total. The average molecular weight is 367 g/mol. The van der Waals surface area contributed by atoms with Gasteiger partial charge in [-0.05, 0) is 56.0 Å². The zero-order valence-electron chi connectivity index (χ0n) is 16.2. The van der Waals surface area contributed by atoms with E-state index in [2.05, 4.69) is 32.3 Å². The smallest absolute Gasteiger partial charge is 0.318 e. The van der Waals surface area contributed by atoms with E-state index >= 15 is 0 Å². The van der Waals surface area contributed by atoms with Gasteiger partial charge in [-0.2, -0.15) is 0 Å². The van der Waals surface area contributed by atoms with Crippen molar-refractivity contribution >= 4 is 6.03 Å². The molecule has 6 heteroatoms. The van der Waals surface area contributed by atoms with Crippen LogP contribution in [0.1, 0.15) is 37.8 Å². The van der Waals surface area contributed by atoms with Gasteiger partial charge in [-0.3, -0.25) is 14.9 Å². The fraction of sp³-hybridized carbons (Fsp3) is 0.476. The largest absolute Gasteiger partial charge is 0.336 e. The minimum atomic E-state index is 0.0152. The number of hydrogen-bond acceptors (Lipinski definition) is 4. The van der Waals surface area contributed by atoms with E-state index in [0.29, 0.717) is 6.54 Å². The number of likely N-dealkylation sites (tertiary alicyclic amines) is 1. The van der Waals surface area contributed by atoms with Crippen LogP contribution in [0.3, 0.4) is 0 Å². The molecule has 0 atom stereocenters. The van der Waals surface area contributed by atoms with Gasteiger partial charge < -0.3 is 10.2 Å². The van der Waals surface area contributed by atoms with E-state index in [9.17, 15) is 4.79 Å². The highest BCUT2D eigenvalue weighted by Crippen LogP contribution is 2.20. The molecule has 3 rings (SSSR count). The van der Waals surface area contributed by atoms with Crippen LogP contribution in [0.25, 0.3) is 0 Å². The fourth-order valence-corrected chi connectivity index (χ4v) is 3.52. The third kappa shape index (κ3) is 5.76. The third-order valence-electron chi connectivity index (χ3n) is 4.90. The van der Waals surface area contributed by atoms with E-state index in [4.69, 9.17) is 0 Å². The topological polar surface area (TPSA) is 61.4 Å². The van der Waals surface area contributed by atoms with Gasteiger partial charge in [0.1, 0.15) is 0 Å². The van der Waals surface area contributed by atoms with Crippen molar-refractivity contribution in [2.24, 2.45) is 0 Å². The number of carbonyl (C=O) groups is 1. The number of rotatable bonds is 6. The molecule has 27 heavy (non-hydrogen) atoms. The van der Waals surface area contributed by atoms with Crippen LogP contribution in [0.4, 0.5) is 4.79 Å². The summed E-state index contributed by atoms with van der Waals surface area (Å²) in [5.74, 6) is 0. The fourth-order valence-electron chi connectivity index (χ4n) is 3.52. The number of aromatic nitrogens is 2. The van der Waals surface area contributed by atoms with Crippen LogP contribution in [-0.2, 0) is 13.1 Å². The van der Waals surface area contributed by atoms with Crippen LogP contribution in [-0.4, -0.2) is 51.0 Å². The Bertz CT molecular complexity index is 699. The summed E-state index contributed by atoms with van der Waals surface area (Å²) in [4.78, 5) is 25.5. The minimum Gasteiger partial charge on any atom is -0.336 e. The zero-order valence-corrected chi connectivity index (χ0v) is 16.2. The Morgan fingerprint density at radius 1 is 1.15 bits per heavy atom. The van der Waals surface area contributed by atoms with E-state index in [1.165, 1.54) is 5.56 Å². The number of nitrogens with zero attached hydrogens (tertiary/aromatic N) is 4. The molecule has 1 aliphatic heterocycles. The maximum Gasteiger partial charge on any atom is 0.318 e. The molecule has 0 aliphatic carbocycles. The van der Waals surface area contributed by atoms with Crippen LogP contribution < -0.4 is 5.32 Å². The maximum absolute atomic E-state index is 12.8. The van der Waals surface area contributed by atoms with Gasteiger partial charge in [-0.25, -0.2) is 4.79 Å². The molecule has 0 unspecified atom stereocenters. The molecule has 2 amide bonds. The van der Waals surface area contributed by atoms with Crippen molar-refractivity contribution in [2.75, 3.05) is 13.1 Å². The number of amides is 2. The Balaban J connectivity index is 1.62. The number of carbonyl (C=O) groups excluding carboxylic acids is 1. The molecular weight excluding hydrogens is 338 g/mol. The van der Waals surface area contributed by atoms with Gasteiger partial charge in [0.2, 0.25) is 0 Å². The Hall–Kier alpha value is -2.47. The van der Waals surface area contributed by atoms with Crippen molar-refractivity contribution in [2.45, 2.75) is 51.9 Å². The van der Waals surface area contributed by atoms with Gasteiger partial charge in [-0.1, -0.05) is 6.07 Å². The SMILES string of the molecule is CC(C)NC(=O)N(Cc1cccnc1)C1CCN(Cc2ccncc2)CC1. The van der Waals surface area contributed by atoms with Crippen LogP contribution in [0.5, 0.6) is 0 Å². The third-order valence-corrected chi connectivity index (χ3v) is 4.90. The first-order chi connectivity index (χ1) is 13.1. The second-order valence-corrected chi connectivity index (χ2v) is 7.46. The first kappa shape index (κ1) is 19.3. The van der Waals surface area contributed by atoms with Gasteiger partial charge in [0.25, 0.3) is 0 Å². The lowest BCUT2D eigenvalue weighted by Gasteiger charge is -2.39. The van der Waals surface area contributed by atoms with Crippen molar-refractivity contribution in [3.8, 4) is 0 Å². The second kappa shape index (κ2) is 9.46. The lowest BCUT2D eigenvalue weighted by Crippen LogP contribution is -2.51. The highest BCUT2D eigenvalue weighted by molar-refractivity contribution is 5.74. The number of nitrogens with one attached hydrogen (secondary N) is 1. The standard InChI is InChI=1S/C21H29N5O/c1-17(2)24-21(27)26(16-19-4-3-9-23-14-19)20-7-12-25(13-8-20)15-18-5-10-22-11-6-18/h3-6,9-11,14,17,20H,7-8,12-13,15-16H2,1-2H3,(H,24,27). The van der Waals surface area contributed by atoms with Gasteiger partial charge in [0.15, 0.2) is 0 Å². The van der Waals surface area contributed by atoms with Crippen molar-refractivity contribution in [1.29, 1.82) is 0 Å². The second-order valence-electron chi connectivity index (χ2n) is 7.46. The van der Waals surface area contributed by atoms with E-state index < -0.39 is 0 Å². The van der Waals surface area contributed by atoms with Gasteiger partial charge >= 0.3 is 6.03 Å². The number of pyridine rings is 2. The van der Waals surface area contributed by atoms with Crippen molar-refractivity contribution < 1.29 is 4.79 Å². The predicted octanol–water partition coefficient (Wildman–Crippen LogP) is 3.06. The van der Waals surface area contributed by atoms with E-state index in [0.717, 1.165) is 38.0 Å². The summed E-state index contributed by atoms with van der Waals surface area (Å²) in [6.07, 6.45) is 9.25. The lowest BCUT2D eigenvalue weighted by atomic mass is 10.0. The first-order valence-electron chi connectivity index (χ1n) is 9.69. The minimum absolute atomic E-state index is 0.0152. The number of hydrogen-bond donors (Lipinski definition) is 1. The van der Waals surface area contributed by atoms with E-state index in [1.807, 2.05) is 49.5 Å². The summed E-state index contributed by atoms with van der Waals surface area (Å²) >= 11 is 0. The molecule has 6 nitrogen and oxygen atoms in total. The molecule has 2 aromatic rings. The summed E-state index contributed by atoms with van der Waals surface area (Å²) in [5, 5.41) is 3.06. The molecule has 1 aliphatic rings. The Morgan fingerprint density at radius 2 is 1.89 bits per heavy atom. The van der Waals surface area contributed by atoms with Crippen molar-refractivity contribution in [1.82, 2.24) is 25.1 Å². The predicted molar refractivity (Wildman–Crippen MR) is 106 cm³/mol. The summed E-state index contributed by atoms with van der Waals surface area (Å²) in [5.41, 5.74) is 2.35. The van der Waals surface area contributed by atoms with Crippen LogP contribution in [0.15, 0.2) is 49.1 Å².